The van der Waals surface area contributed by atoms with E-state index >= 15 is 0 Å². The molecule has 114 valence electrons. The minimum Gasteiger partial charge on any atom is -0.311 e. The summed E-state index contributed by atoms with van der Waals surface area (Å²) >= 11 is 1.89. The van der Waals surface area contributed by atoms with Crippen molar-refractivity contribution >= 4 is 11.3 Å². The third kappa shape index (κ3) is 3.84. The van der Waals surface area contributed by atoms with Crippen LogP contribution in [0.1, 0.15) is 45.4 Å². The van der Waals surface area contributed by atoms with E-state index in [1.54, 1.807) is 0 Å². The van der Waals surface area contributed by atoms with E-state index in [1.807, 2.05) is 11.3 Å². The van der Waals surface area contributed by atoms with Gasteiger partial charge >= 0.3 is 0 Å². The summed E-state index contributed by atoms with van der Waals surface area (Å²) in [5, 5.41) is 5.97. The number of piperazine rings is 1. The molecule has 3 heteroatoms. The number of rotatable bonds is 6. The van der Waals surface area contributed by atoms with Crippen molar-refractivity contribution in [2.75, 3.05) is 13.1 Å². The molecule has 2 rings (SSSR count). The summed E-state index contributed by atoms with van der Waals surface area (Å²) in [6.07, 6.45) is 3.71. The van der Waals surface area contributed by atoms with Crippen LogP contribution < -0.4 is 5.32 Å². The molecule has 1 saturated heterocycles. The summed E-state index contributed by atoms with van der Waals surface area (Å²) in [6, 6.07) is 6.45. The van der Waals surface area contributed by atoms with E-state index in [-0.39, 0.29) is 0 Å². The first kappa shape index (κ1) is 16.0. The largest absolute Gasteiger partial charge is 0.311 e. The van der Waals surface area contributed by atoms with Crippen LogP contribution in [0.2, 0.25) is 0 Å². The Bertz CT molecular complexity index is 376. The number of hydrogen-bond acceptors (Lipinski definition) is 3. The first-order chi connectivity index (χ1) is 9.65. The molecule has 1 aromatic heterocycles. The van der Waals surface area contributed by atoms with Gasteiger partial charge in [0.15, 0.2) is 0 Å². The van der Waals surface area contributed by atoms with E-state index in [2.05, 4.69) is 55.4 Å². The Balaban J connectivity index is 2.00. The lowest BCUT2D eigenvalue weighted by Gasteiger charge is -2.45. The van der Waals surface area contributed by atoms with Gasteiger partial charge in [-0.15, -0.1) is 11.3 Å². The van der Waals surface area contributed by atoms with Crippen LogP contribution in [-0.2, 0) is 6.42 Å². The van der Waals surface area contributed by atoms with E-state index in [1.165, 1.54) is 30.7 Å². The molecule has 1 aliphatic heterocycles. The van der Waals surface area contributed by atoms with Crippen molar-refractivity contribution in [3.05, 3.63) is 22.4 Å². The van der Waals surface area contributed by atoms with Crippen LogP contribution in [0.3, 0.4) is 0 Å². The Kier molecular flexibility index (Phi) is 6.06. The van der Waals surface area contributed by atoms with Gasteiger partial charge in [0.05, 0.1) is 0 Å². The SMILES string of the molecule is CCC(C)C1CN(C(C)Cc2cccs2)C(CC)CN1. The highest BCUT2D eigenvalue weighted by Crippen LogP contribution is 2.22. The van der Waals surface area contributed by atoms with Crippen LogP contribution in [0.5, 0.6) is 0 Å². The number of thiophene rings is 1. The van der Waals surface area contributed by atoms with Gasteiger partial charge in [-0.2, -0.15) is 0 Å². The third-order valence-electron chi connectivity index (χ3n) is 4.94. The van der Waals surface area contributed by atoms with Gasteiger partial charge in [-0.25, -0.2) is 0 Å². The second kappa shape index (κ2) is 7.58. The van der Waals surface area contributed by atoms with Gasteiger partial charge in [-0.05, 0) is 37.1 Å². The Morgan fingerprint density at radius 3 is 2.80 bits per heavy atom. The first-order valence-electron chi connectivity index (χ1n) is 8.17. The molecule has 0 amide bonds. The molecule has 2 heterocycles. The second-order valence-corrected chi connectivity index (χ2v) is 7.32. The van der Waals surface area contributed by atoms with Crippen molar-refractivity contribution < 1.29 is 0 Å². The topological polar surface area (TPSA) is 15.3 Å². The zero-order valence-corrected chi connectivity index (χ0v) is 14.2. The molecule has 0 bridgehead atoms. The molecular formula is C17H30N2S. The molecule has 1 aromatic rings. The molecule has 4 atom stereocenters. The summed E-state index contributed by atoms with van der Waals surface area (Å²) in [5.41, 5.74) is 0. The fourth-order valence-electron chi connectivity index (χ4n) is 3.27. The Labute approximate surface area is 128 Å². The van der Waals surface area contributed by atoms with Crippen molar-refractivity contribution in [3.63, 3.8) is 0 Å². The molecule has 20 heavy (non-hydrogen) atoms. The third-order valence-corrected chi connectivity index (χ3v) is 5.84. The monoisotopic (exact) mass is 294 g/mol. The van der Waals surface area contributed by atoms with Crippen LogP contribution in [0.25, 0.3) is 0 Å². The normalized spacial score (nSPS) is 27.4. The molecule has 0 aliphatic carbocycles. The molecule has 1 aliphatic rings. The molecule has 0 saturated carbocycles. The van der Waals surface area contributed by atoms with E-state index in [9.17, 15) is 0 Å². The van der Waals surface area contributed by atoms with Gasteiger partial charge in [0.2, 0.25) is 0 Å². The van der Waals surface area contributed by atoms with Gasteiger partial charge in [0.25, 0.3) is 0 Å². The molecule has 0 aromatic carbocycles. The van der Waals surface area contributed by atoms with Crippen LogP contribution >= 0.6 is 11.3 Å². The Morgan fingerprint density at radius 1 is 1.40 bits per heavy atom. The fourth-order valence-corrected chi connectivity index (χ4v) is 4.09. The summed E-state index contributed by atoms with van der Waals surface area (Å²) in [7, 11) is 0. The summed E-state index contributed by atoms with van der Waals surface area (Å²) in [6.45, 7) is 11.8. The predicted molar refractivity (Wildman–Crippen MR) is 89.5 cm³/mol. The van der Waals surface area contributed by atoms with Gasteiger partial charge in [-0.3, -0.25) is 4.90 Å². The van der Waals surface area contributed by atoms with Crippen molar-refractivity contribution in [3.8, 4) is 0 Å². The van der Waals surface area contributed by atoms with Gasteiger partial charge < -0.3 is 5.32 Å². The molecule has 1 fully saturated rings. The second-order valence-electron chi connectivity index (χ2n) is 6.29. The van der Waals surface area contributed by atoms with Crippen molar-refractivity contribution in [2.24, 2.45) is 5.92 Å². The van der Waals surface area contributed by atoms with Crippen LogP contribution in [0.4, 0.5) is 0 Å². The molecule has 1 N–H and O–H groups in total. The Morgan fingerprint density at radius 2 is 2.20 bits per heavy atom. The zero-order valence-electron chi connectivity index (χ0n) is 13.4. The lowest BCUT2D eigenvalue weighted by molar-refractivity contribution is 0.0712. The van der Waals surface area contributed by atoms with E-state index in [0.29, 0.717) is 18.1 Å². The Hall–Kier alpha value is -0.380. The number of nitrogens with one attached hydrogen (secondary N) is 1. The smallest absolute Gasteiger partial charge is 0.0221 e. The highest BCUT2D eigenvalue weighted by Gasteiger charge is 2.31. The lowest BCUT2D eigenvalue weighted by Crippen LogP contribution is -2.60. The van der Waals surface area contributed by atoms with Gasteiger partial charge in [0, 0.05) is 36.1 Å². The zero-order chi connectivity index (χ0) is 14.5. The maximum absolute atomic E-state index is 3.78. The maximum atomic E-state index is 3.78. The first-order valence-corrected chi connectivity index (χ1v) is 9.05. The van der Waals surface area contributed by atoms with E-state index < -0.39 is 0 Å². The lowest BCUT2D eigenvalue weighted by atomic mass is 9.93. The highest BCUT2D eigenvalue weighted by atomic mass is 32.1. The molecule has 0 spiro atoms. The average molecular weight is 295 g/mol. The molecular weight excluding hydrogens is 264 g/mol. The fraction of sp³-hybridized carbons (Fsp3) is 0.765. The van der Waals surface area contributed by atoms with Crippen molar-refractivity contribution in [2.45, 2.75) is 65.1 Å². The van der Waals surface area contributed by atoms with Crippen LogP contribution in [0, 0.1) is 5.92 Å². The number of hydrogen-bond donors (Lipinski definition) is 1. The minimum absolute atomic E-state index is 0.646. The van der Waals surface area contributed by atoms with Gasteiger partial charge in [-0.1, -0.05) is 33.3 Å². The van der Waals surface area contributed by atoms with Crippen LogP contribution in [0.15, 0.2) is 17.5 Å². The molecule has 4 unspecified atom stereocenters. The van der Waals surface area contributed by atoms with E-state index in [4.69, 9.17) is 0 Å². The van der Waals surface area contributed by atoms with E-state index in [0.717, 1.165) is 12.5 Å². The number of nitrogens with zero attached hydrogens (tertiary/aromatic N) is 1. The summed E-state index contributed by atoms with van der Waals surface area (Å²) in [4.78, 5) is 4.28. The van der Waals surface area contributed by atoms with Gasteiger partial charge in [0.1, 0.15) is 0 Å². The summed E-state index contributed by atoms with van der Waals surface area (Å²) in [5.74, 6) is 0.768. The van der Waals surface area contributed by atoms with Crippen molar-refractivity contribution in [1.29, 1.82) is 0 Å². The predicted octanol–water partition coefficient (Wildman–Crippen LogP) is 3.78. The highest BCUT2D eigenvalue weighted by molar-refractivity contribution is 7.09. The summed E-state index contributed by atoms with van der Waals surface area (Å²) < 4.78 is 0. The van der Waals surface area contributed by atoms with Crippen molar-refractivity contribution in [1.82, 2.24) is 10.2 Å². The molecule has 2 nitrogen and oxygen atoms in total. The van der Waals surface area contributed by atoms with Crippen LogP contribution in [-0.4, -0.2) is 36.1 Å². The average Bonchev–Trinajstić information content (AvgIpc) is 2.98. The minimum atomic E-state index is 0.646. The standard InChI is InChI=1S/C17H30N2S/c1-5-13(3)17-12-19(15(6-2)11-18-17)14(4)10-16-8-7-9-20-16/h7-9,13-15,17-18H,5-6,10-12H2,1-4H3. The quantitative estimate of drug-likeness (QED) is 0.859. The molecule has 0 radical (unpaired) electrons. The maximum Gasteiger partial charge on any atom is 0.0221 e.